The lowest BCUT2D eigenvalue weighted by Crippen LogP contribution is -2.19. The molecule has 2 nitrogen and oxygen atoms in total. The van der Waals surface area contributed by atoms with Gasteiger partial charge in [-0.2, -0.15) is 17.6 Å². The number of nitrogens with zero attached hydrogens (tertiary/aromatic N) is 1. The van der Waals surface area contributed by atoms with Crippen LogP contribution in [0.4, 0.5) is 13.2 Å². The Hall–Kier alpha value is -1.17. The van der Waals surface area contributed by atoms with Gasteiger partial charge in [0.1, 0.15) is 11.0 Å². The summed E-state index contributed by atoms with van der Waals surface area (Å²) in [6.45, 7) is 6.90. The Balaban J connectivity index is 2.99. The van der Waals surface area contributed by atoms with Crippen molar-refractivity contribution in [3.8, 4) is 0 Å². The summed E-state index contributed by atoms with van der Waals surface area (Å²) in [5.41, 5.74) is 0.286. The molecule has 0 N–H and O–H groups in total. The number of halogens is 3. The molecule has 0 aliphatic rings. The summed E-state index contributed by atoms with van der Waals surface area (Å²) in [6, 6.07) is 3.39. The van der Waals surface area contributed by atoms with Gasteiger partial charge in [0.2, 0.25) is 0 Å². The van der Waals surface area contributed by atoms with Gasteiger partial charge in [-0.05, 0) is 51.0 Å². The fourth-order valence-electron chi connectivity index (χ4n) is 1.26. The van der Waals surface area contributed by atoms with Crippen LogP contribution in [0.2, 0.25) is 0 Å². The van der Waals surface area contributed by atoms with Crippen molar-refractivity contribution in [1.29, 1.82) is 0 Å². The second-order valence-corrected chi connectivity index (χ2v) is 7.10. The molecule has 6 heteroatoms. The molecule has 1 atom stereocenters. The Bertz CT molecular complexity index is 516. The molecule has 0 amide bonds. The third kappa shape index (κ3) is 4.45. The Morgan fingerprint density at radius 2 is 1.79 bits per heavy atom. The Morgan fingerprint density at radius 3 is 2.21 bits per heavy atom. The van der Waals surface area contributed by atoms with Gasteiger partial charge < -0.3 is 0 Å². The number of aryl methyl sites for hydroxylation is 1. The van der Waals surface area contributed by atoms with Crippen LogP contribution >= 0.6 is 0 Å². The van der Waals surface area contributed by atoms with Crippen LogP contribution in [-0.4, -0.2) is 15.2 Å². The molecular formula is C13H16F3NOS. The lowest BCUT2D eigenvalue weighted by atomic mass is 10.1. The van der Waals surface area contributed by atoms with Crippen LogP contribution in [0.1, 0.15) is 37.5 Å². The van der Waals surface area contributed by atoms with Gasteiger partial charge in [0.25, 0.3) is 0 Å². The molecule has 0 fully saturated rings. The van der Waals surface area contributed by atoms with Crippen LogP contribution in [0, 0.1) is 6.92 Å². The molecule has 106 valence electrons. The first kappa shape index (κ1) is 15.9. The second kappa shape index (κ2) is 5.45. The quantitative estimate of drug-likeness (QED) is 0.760. The van der Waals surface area contributed by atoms with E-state index >= 15 is 0 Å². The van der Waals surface area contributed by atoms with Crippen LogP contribution in [0.25, 0.3) is 0 Å². The largest absolute Gasteiger partial charge is 0.416 e. The highest BCUT2D eigenvalue weighted by Gasteiger charge is 2.30. The lowest BCUT2D eigenvalue weighted by Gasteiger charge is -2.13. The highest BCUT2D eigenvalue weighted by molar-refractivity contribution is 7.85. The molecule has 0 aliphatic heterocycles. The molecule has 0 heterocycles. The predicted octanol–water partition coefficient (Wildman–Crippen LogP) is 3.89. The van der Waals surface area contributed by atoms with Crippen molar-refractivity contribution in [1.82, 2.24) is 0 Å². The smallest absolute Gasteiger partial charge is 0.234 e. The predicted molar refractivity (Wildman–Crippen MR) is 71.7 cm³/mol. The van der Waals surface area contributed by atoms with E-state index in [1.807, 2.05) is 0 Å². The first-order valence-corrected chi connectivity index (χ1v) is 6.76. The molecular weight excluding hydrogens is 275 g/mol. The molecule has 0 spiro atoms. The van der Waals surface area contributed by atoms with Gasteiger partial charge in [-0.25, -0.2) is 4.21 Å². The number of alkyl halides is 3. The van der Waals surface area contributed by atoms with E-state index in [0.29, 0.717) is 11.1 Å². The van der Waals surface area contributed by atoms with Gasteiger partial charge in [-0.3, -0.25) is 0 Å². The zero-order valence-electron chi connectivity index (χ0n) is 11.2. The maximum Gasteiger partial charge on any atom is 0.416 e. The van der Waals surface area contributed by atoms with Crippen LogP contribution in [-0.2, 0) is 17.2 Å². The molecule has 0 bridgehead atoms. The fraction of sp³-hybridized carbons (Fsp3) is 0.462. The zero-order chi connectivity index (χ0) is 14.8. The van der Waals surface area contributed by atoms with Gasteiger partial charge in [-0.1, -0.05) is 6.07 Å². The summed E-state index contributed by atoms with van der Waals surface area (Å²) in [4.78, 5) is 0. The van der Waals surface area contributed by atoms with Crippen molar-refractivity contribution in [2.45, 2.75) is 38.6 Å². The maximum atomic E-state index is 12.5. The molecule has 0 radical (unpaired) electrons. The average molecular weight is 291 g/mol. The molecule has 0 unspecified atom stereocenters. The van der Waals surface area contributed by atoms with Crippen molar-refractivity contribution >= 4 is 17.2 Å². The van der Waals surface area contributed by atoms with Crippen LogP contribution in [0.3, 0.4) is 0 Å². The normalized spacial score (nSPS) is 14.9. The van der Waals surface area contributed by atoms with Crippen LogP contribution in [0.15, 0.2) is 22.6 Å². The van der Waals surface area contributed by atoms with E-state index in [4.69, 9.17) is 0 Å². The summed E-state index contributed by atoms with van der Waals surface area (Å²) in [6.07, 6.45) is -2.99. The first-order chi connectivity index (χ1) is 8.51. The van der Waals surface area contributed by atoms with Gasteiger partial charge in [0.15, 0.2) is 0 Å². The van der Waals surface area contributed by atoms with E-state index in [1.54, 1.807) is 27.7 Å². The number of hydrogen-bond acceptors (Lipinski definition) is 1. The third-order valence-electron chi connectivity index (χ3n) is 2.41. The molecule has 19 heavy (non-hydrogen) atoms. The third-order valence-corrected chi connectivity index (χ3v) is 3.75. The van der Waals surface area contributed by atoms with Crippen molar-refractivity contribution in [2.75, 3.05) is 0 Å². The van der Waals surface area contributed by atoms with E-state index in [-0.39, 0.29) is 0 Å². The van der Waals surface area contributed by atoms with Crippen molar-refractivity contribution in [3.05, 3.63) is 34.9 Å². The molecule has 0 saturated carbocycles. The van der Waals surface area contributed by atoms with E-state index in [9.17, 15) is 17.4 Å². The Morgan fingerprint density at radius 1 is 1.21 bits per heavy atom. The summed E-state index contributed by atoms with van der Waals surface area (Å²) >= 11 is 0. The number of benzene rings is 1. The van der Waals surface area contributed by atoms with E-state index in [1.165, 1.54) is 12.3 Å². The van der Waals surface area contributed by atoms with E-state index < -0.39 is 27.5 Å². The minimum Gasteiger partial charge on any atom is -0.234 e. The molecule has 1 aromatic rings. The number of rotatable bonds is 2. The Kier molecular flexibility index (Phi) is 4.55. The molecule has 0 aliphatic carbocycles. The molecule has 1 aromatic carbocycles. The monoisotopic (exact) mass is 291 g/mol. The molecule has 1 rings (SSSR count). The summed E-state index contributed by atoms with van der Waals surface area (Å²) < 4.78 is 52.6. The highest BCUT2D eigenvalue weighted by atomic mass is 32.2. The van der Waals surface area contributed by atoms with Crippen LogP contribution < -0.4 is 0 Å². The SMILES string of the molecule is Cc1cc(C(F)(F)F)ccc1C=N[S@@](=O)C(C)(C)C. The average Bonchev–Trinajstić information content (AvgIpc) is 2.24. The van der Waals surface area contributed by atoms with Crippen molar-refractivity contribution < 1.29 is 17.4 Å². The summed E-state index contributed by atoms with van der Waals surface area (Å²) in [5, 5.41) is 0. The minimum atomic E-state index is -4.35. The van der Waals surface area contributed by atoms with Crippen molar-refractivity contribution in [2.24, 2.45) is 4.40 Å². The molecule has 0 aromatic heterocycles. The standard InChI is InChI=1S/C13H16F3NOS/c1-9-7-11(13(14,15)16)6-5-10(9)8-17-19(18)12(2,3)4/h5-8H,1-4H3/t19-/m0/s1. The topological polar surface area (TPSA) is 29.4 Å². The summed E-state index contributed by atoms with van der Waals surface area (Å²) in [5.74, 6) is 0. The van der Waals surface area contributed by atoms with Gasteiger partial charge in [-0.15, -0.1) is 0 Å². The van der Waals surface area contributed by atoms with Gasteiger partial charge in [0.05, 0.1) is 10.3 Å². The van der Waals surface area contributed by atoms with Gasteiger partial charge in [0, 0.05) is 6.21 Å². The minimum absolute atomic E-state index is 0.449. The maximum absolute atomic E-state index is 12.5. The fourth-order valence-corrected chi connectivity index (χ4v) is 1.79. The number of hydrogen-bond donors (Lipinski definition) is 0. The van der Waals surface area contributed by atoms with E-state index in [0.717, 1.165) is 12.1 Å². The van der Waals surface area contributed by atoms with Crippen molar-refractivity contribution in [3.63, 3.8) is 0 Å². The van der Waals surface area contributed by atoms with E-state index in [2.05, 4.69) is 4.40 Å². The zero-order valence-corrected chi connectivity index (χ0v) is 12.0. The summed E-state index contributed by atoms with van der Waals surface area (Å²) in [7, 11) is -1.42. The Labute approximate surface area is 113 Å². The lowest BCUT2D eigenvalue weighted by molar-refractivity contribution is -0.137. The van der Waals surface area contributed by atoms with Gasteiger partial charge >= 0.3 is 6.18 Å². The highest BCUT2D eigenvalue weighted by Crippen LogP contribution is 2.30. The van der Waals surface area contributed by atoms with Crippen LogP contribution in [0.5, 0.6) is 0 Å². The molecule has 0 saturated heterocycles. The second-order valence-electron chi connectivity index (χ2n) is 5.17. The first-order valence-electron chi connectivity index (χ1n) is 5.66.